The molecule has 1 amide bonds. The van der Waals surface area contributed by atoms with Gasteiger partial charge in [-0.3, -0.25) is 9.78 Å². The molecule has 0 aliphatic carbocycles. The van der Waals surface area contributed by atoms with Gasteiger partial charge in [-0.1, -0.05) is 35.5 Å². The number of hydrogen-bond donors (Lipinski definition) is 0. The Morgan fingerprint density at radius 3 is 2.77 bits per heavy atom. The summed E-state index contributed by atoms with van der Waals surface area (Å²) in [7, 11) is 1.68. The normalized spacial score (nSPS) is 10.4. The average Bonchev–Trinajstić information content (AvgIpc) is 3.06. The third-order valence-corrected chi connectivity index (χ3v) is 3.01. The predicted molar refractivity (Wildman–Crippen MR) is 77.6 cm³/mol. The Balaban J connectivity index is 1.74. The Morgan fingerprint density at radius 2 is 2.05 bits per heavy atom. The largest absolute Gasteiger partial charge is 0.333 e. The SMILES string of the molecule is CN(Cc1ccccc1)C(=O)c1nc(-c2cnccn2)no1. The minimum absolute atomic E-state index is 0.0703. The van der Waals surface area contributed by atoms with Gasteiger partial charge in [-0.05, 0) is 5.56 Å². The van der Waals surface area contributed by atoms with Crippen molar-refractivity contribution in [3.63, 3.8) is 0 Å². The van der Waals surface area contributed by atoms with E-state index in [-0.39, 0.29) is 17.6 Å². The van der Waals surface area contributed by atoms with Gasteiger partial charge in [-0.15, -0.1) is 0 Å². The first-order chi connectivity index (χ1) is 10.7. The van der Waals surface area contributed by atoms with E-state index in [0.717, 1.165) is 5.56 Å². The maximum atomic E-state index is 12.3. The molecule has 0 atom stereocenters. The number of carbonyl (C=O) groups is 1. The van der Waals surface area contributed by atoms with Crippen LogP contribution in [-0.4, -0.2) is 38.0 Å². The highest BCUT2D eigenvalue weighted by atomic mass is 16.5. The van der Waals surface area contributed by atoms with Crippen molar-refractivity contribution in [2.45, 2.75) is 6.54 Å². The van der Waals surface area contributed by atoms with E-state index in [0.29, 0.717) is 12.2 Å². The van der Waals surface area contributed by atoms with Gasteiger partial charge in [-0.25, -0.2) is 4.98 Å². The molecule has 2 aromatic heterocycles. The van der Waals surface area contributed by atoms with Gasteiger partial charge < -0.3 is 9.42 Å². The quantitative estimate of drug-likeness (QED) is 0.729. The number of rotatable bonds is 4. The summed E-state index contributed by atoms with van der Waals surface area (Å²) in [6, 6.07) is 9.67. The molecule has 0 aliphatic heterocycles. The van der Waals surface area contributed by atoms with E-state index in [9.17, 15) is 4.79 Å². The minimum Gasteiger partial charge on any atom is -0.333 e. The van der Waals surface area contributed by atoms with Crippen LogP contribution in [-0.2, 0) is 6.54 Å². The summed E-state index contributed by atoms with van der Waals surface area (Å²) in [5.41, 5.74) is 1.48. The summed E-state index contributed by atoms with van der Waals surface area (Å²) in [6.07, 6.45) is 4.57. The highest BCUT2D eigenvalue weighted by molar-refractivity contribution is 5.89. The zero-order chi connectivity index (χ0) is 15.4. The van der Waals surface area contributed by atoms with Crippen molar-refractivity contribution >= 4 is 5.91 Å². The van der Waals surface area contributed by atoms with E-state index in [1.807, 2.05) is 30.3 Å². The summed E-state index contributed by atoms with van der Waals surface area (Å²) >= 11 is 0. The second-order valence-corrected chi connectivity index (χ2v) is 4.66. The molecular weight excluding hydrogens is 282 g/mol. The fourth-order valence-electron chi connectivity index (χ4n) is 1.92. The monoisotopic (exact) mass is 295 g/mol. The molecule has 0 N–H and O–H groups in total. The topological polar surface area (TPSA) is 85.0 Å². The summed E-state index contributed by atoms with van der Waals surface area (Å²) in [4.78, 5) is 25.9. The number of carbonyl (C=O) groups excluding carboxylic acids is 1. The van der Waals surface area contributed by atoms with Gasteiger partial charge in [0.2, 0.25) is 5.82 Å². The van der Waals surface area contributed by atoms with Crippen LogP contribution in [0.15, 0.2) is 53.4 Å². The van der Waals surface area contributed by atoms with Crippen molar-refractivity contribution in [1.82, 2.24) is 25.0 Å². The zero-order valence-corrected chi connectivity index (χ0v) is 11.9. The summed E-state index contributed by atoms with van der Waals surface area (Å²) < 4.78 is 5.02. The third kappa shape index (κ3) is 2.98. The maximum Gasteiger partial charge on any atom is 0.316 e. The maximum absolute atomic E-state index is 12.3. The first-order valence-electron chi connectivity index (χ1n) is 6.63. The molecular formula is C15H13N5O2. The molecule has 0 unspecified atom stereocenters. The first kappa shape index (κ1) is 13.9. The molecule has 0 radical (unpaired) electrons. The lowest BCUT2D eigenvalue weighted by atomic mass is 10.2. The predicted octanol–water partition coefficient (Wildman–Crippen LogP) is 1.80. The van der Waals surface area contributed by atoms with Crippen molar-refractivity contribution in [2.75, 3.05) is 7.05 Å². The van der Waals surface area contributed by atoms with Gasteiger partial charge in [0, 0.05) is 26.0 Å². The Bertz CT molecular complexity index is 758. The van der Waals surface area contributed by atoms with E-state index in [1.54, 1.807) is 13.2 Å². The molecule has 0 fully saturated rings. The van der Waals surface area contributed by atoms with Crippen molar-refractivity contribution in [1.29, 1.82) is 0 Å². The molecule has 110 valence electrons. The van der Waals surface area contributed by atoms with Crippen molar-refractivity contribution in [3.05, 3.63) is 60.4 Å². The number of benzene rings is 1. The number of amides is 1. The van der Waals surface area contributed by atoms with Crippen LogP contribution in [0.3, 0.4) is 0 Å². The van der Waals surface area contributed by atoms with Crippen molar-refractivity contribution < 1.29 is 9.32 Å². The molecule has 3 aromatic rings. The third-order valence-electron chi connectivity index (χ3n) is 3.01. The molecule has 7 nitrogen and oxygen atoms in total. The number of aromatic nitrogens is 4. The van der Waals surface area contributed by atoms with Gasteiger partial charge in [0.15, 0.2) is 0 Å². The van der Waals surface area contributed by atoms with Gasteiger partial charge in [0.25, 0.3) is 0 Å². The smallest absolute Gasteiger partial charge is 0.316 e. The van der Waals surface area contributed by atoms with E-state index < -0.39 is 0 Å². The van der Waals surface area contributed by atoms with E-state index >= 15 is 0 Å². The molecule has 22 heavy (non-hydrogen) atoms. The van der Waals surface area contributed by atoms with Crippen LogP contribution in [0.4, 0.5) is 0 Å². The summed E-state index contributed by atoms with van der Waals surface area (Å²) in [5, 5.41) is 3.76. The number of nitrogens with zero attached hydrogens (tertiary/aromatic N) is 5. The Kier molecular flexibility index (Phi) is 3.86. The Morgan fingerprint density at radius 1 is 1.23 bits per heavy atom. The van der Waals surface area contributed by atoms with E-state index in [4.69, 9.17) is 4.52 Å². The van der Waals surface area contributed by atoms with E-state index in [2.05, 4.69) is 20.1 Å². The summed E-state index contributed by atoms with van der Waals surface area (Å²) in [6.45, 7) is 0.461. The minimum atomic E-state index is -0.341. The zero-order valence-electron chi connectivity index (χ0n) is 11.9. The van der Waals surface area contributed by atoms with Crippen LogP contribution in [0.5, 0.6) is 0 Å². The lowest BCUT2D eigenvalue weighted by Crippen LogP contribution is -2.26. The lowest BCUT2D eigenvalue weighted by Gasteiger charge is -2.14. The second-order valence-electron chi connectivity index (χ2n) is 4.66. The first-order valence-corrected chi connectivity index (χ1v) is 6.63. The average molecular weight is 295 g/mol. The number of hydrogen-bond acceptors (Lipinski definition) is 6. The van der Waals surface area contributed by atoms with Crippen LogP contribution in [0, 0.1) is 0 Å². The molecule has 0 bridgehead atoms. The Hall–Kier alpha value is -3.09. The van der Waals surface area contributed by atoms with Crippen LogP contribution in [0.1, 0.15) is 16.2 Å². The summed E-state index contributed by atoms with van der Waals surface area (Å²) in [5.74, 6) is -0.171. The van der Waals surface area contributed by atoms with Gasteiger partial charge in [0.1, 0.15) is 5.69 Å². The molecule has 0 aliphatic rings. The molecule has 7 heteroatoms. The van der Waals surface area contributed by atoms with Crippen molar-refractivity contribution in [3.8, 4) is 11.5 Å². The van der Waals surface area contributed by atoms with E-state index in [1.165, 1.54) is 17.3 Å². The molecule has 1 aromatic carbocycles. The lowest BCUT2D eigenvalue weighted by molar-refractivity contribution is 0.0735. The molecule has 0 spiro atoms. The molecule has 0 saturated carbocycles. The van der Waals surface area contributed by atoms with Gasteiger partial charge in [0.05, 0.1) is 6.20 Å². The van der Waals surface area contributed by atoms with Crippen LogP contribution in [0.25, 0.3) is 11.5 Å². The Labute approximate surface area is 126 Å². The second kappa shape index (κ2) is 6.13. The standard InChI is InChI=1S/C15H13N5O2/c1-20(10-11-5-3-2-4-6-11)15(21)14-18-13(19-22-14)12-9-16-7-8-17-12/h2-9H,10H2,1H3. The molecule has 3 rings (SSSR count). The highest BCUT2D eigenvalue weighted by Gasteiger charge is 2.20. The van der Waals surface area contributed by atoms with Crippen LogP contribution < -0.4 is 0 Å². The molecule has 0 saturated heterocycles. The van der Waals surface area contributed by atoms with Crippen LogP contribution >= 0.6 is 0 Å². The molecule has 2 heterocycles. The highest BCUT2D eigenvalue weighted by Crippen LogP contribution is 2.13. The fourth-order valence-corrected chi connectivity index (χ4v) is 1.92. The van der Waals surface area contributed by atoms with Crippen LogP contribution in [0.2, 0.25) is 0 Å². The van der Waals surface area contributed by atoms with Crippen molar-refractivity contribution in [2.24, 2.45) is 0 Å². The fraction of sp³-hybridized carbons (Fsp3) is 0.133. The van der Waals surface area contributed by atoms with Gasteiger partial charge >= 0.3 is 11.8 Å². The van der Waals surface area contributed by atoms with Gasteiger partial charge in [-0.2, -0.15) is 4.98 Å².